The van der Waals surface area contributed by atoms with Crippen molar-refractivity contribution < 1.29 is 0 Å². The molecule has 162 valence electrons. The van der Waals surface area contributed by atoms with Crippen LogP contribution in [0, 0.1) is 0 Å². The highest BCUT2D eigenvalue weighted by molar-refractivity contribution is 6.04. The number of fused-ring (bicyclic) bond motifs is 3. The van der Waals surface area contributed by atoms with Crippen molar-refractivity contribution in [2.24, 2.45) is 5.10 Å². The first kappa shape index (κ1) is 19.2. The Bertz CT molecular complexity index is 1300. The molecule has 8 heteroatoms. The molecule has 1 aromatic carbocycles. The summed E-state index contributed by atoms with van der Waals surface area (Å²) >= 11 is 0. The summed E-state index contributed by atoms with van der Waals surface area (Å²) in [6, 6.07) is 11.1. The number of hydrazone groups is 1. The molecule has 8 nitrogen and oxygen atoms in total. The Morgan fingerprint density at radius 1 is 0.938 bits per heavy atom. The molecule has 1 saturated heterocycles. The predicted molar refractivity (Wildman–Crippen MR) is 128 cm³/mol. The smallest absolute Gasteiger partial charge is 0.153 e. The summed E-state index contributed by atoms with van der Waals surface area (Å²) in [4.78, 5) is 22.3. The van der Waals surface area contributed by atoms with Crippen LogP contribution in [0.4, 0.5) is 5.69 Å². The Balaban J connectivity index is 1.34. The van der Waals surface area contributed by atoms with Crippen molar-refractivity contribution >= 4 is 34.0 Å². The van der Waals surface area contributed by atoms with E-state index in [1.807, 2.05) is 30.7 Å². The van der Waals surface area contributed by atoms with Gasteiger partial charge in [0.15, 0.2) is 5.82 Å². The third-order valence-corrected chi connectivity index (χ3v) is 6.61. The molecule has 1 N–H and O–H groups in total. The monoisotopic (exact) mass is 426 g/mol. The molecule has 1 unspecified atom stereocenters. The van der Waals surface area contributed by atoms with E-state index in [9.17, 15) is 0 Å². The summed E-state index contributed by atoms with van der Waals surface area (Å²) in [5.74, 6) is 0.792. The summed E-state index contributed by atoms with van der Waals surface area (Å²) in [6.45, 7) is 4.36. The number of likely N-dealkylation sites (N-methyl/N-ethyl adjacent to an activating group) is 1. The van der Waals surface area contributed by atoms with E-state index in [1.165, 1.54) is 5.69 Å². The quantitative estimate of drug-likeness (QED) is 0.542. The fraction of sp³-hybridized carbons (Fsp3) is 0.333. The van der Waals surface area contributed by atoms with Crippen molar-refractivity contribution in [2.45, 2.75) is 12.5 Å². The lowest BCUT2D eigenvalue weighted by molar-refractivity contribution is 0.279. The van der Waals surface area contributed by atoms with Gasteiger partial charge in [0.1, 0.15) is 17.2 Å². The molecule has 2 aliphatic rings. The van der Waals surface area contributed by atoms with Crippen LogP contribution in [0.1, 0.15) is 18.3 Å². The van der Waals surface area contributed by atoms with E-state index >= 15 is 0 Å². The summed E-state index contributed by atoms with van der Waals surface area (Å²) in [5.41, 5.74) is 6.17. The first-order chi connectivity index (χ1) is 15.7. The third-order valence-electron chi connectivity index (χ3n) is 6.61. The van der Waals surface area contributed by atoms with E-state index in [1.54, 1.807) is 0 Å². The molecule has 0 radical (unpaired) electrons. The van der Waals surface area contributed by atoms with Gasteiger partial charge in [-0.1, -0.05) is 12.1 Å². The SMILES string of the molecule is CN1CCN(c2ccc(-c3cnc4[nH]c5cnc(C6CC=NN6C)nc5c4c3)cc2)CC1. The average molecular weight is 427 g/mol. The highest BCUT2D eigenvalue weighted by Crippen LogP contribution is 2.30. The van der Waals surface area contributed by atoms with E-state index in [2.05, 4.69) is 67.2 Å². The molecule has 0 saturated carbocycles. The molecule has 3 aromatic heterocycles. The van der Waals surface area contributed by atoms with Crippen LogP contribution in [-0.2, 0) is 0 Å². The van der Waals surface area contributed by atoms with E-state index < -0.39 is 0 Å². The van der Waals surface area contributed by atoms with Gasteiger partial charge < -0.3 is 14.8 Å². The number of benzene rings is 1. The molecule has 1 atom stereocenters. The highest BCUT2D eigenvalue weighted by atomic mass is 15.5. The second-order valence-electron chi connectivity index (χ2n) is 8.70. The van der Waals surface area contributed by atoms with E-state index in [0.29, 0.717) is 0 Å². The fourth-order valence-corrected chi connectivity index (χ4v) is 4.59. The van der Waals surface area contributed by atoms with Gasteiger partial charge in [-0.25, -0.2) is 15.0 Å². The first-order valence-electron chi connectivity index (χ1n) is 11.1. The maximum Gasteiger partial charge on any atom is 0.153 e. The minimum atomic E-state index is 0.0858. The maximum atomic E-state index is 4.90. The van der Waals surface area contributed by atoms with Gasteiger partial charge in [0.2, 0.25) is 0 Å². The Kier molecular flexibility index (Phi) is 4.53. The summed E-state index contributed by atoms with van der Waals surface area (Å²) in [6.07, 6.45) is 6.53. The maximum absolute atomic E-state index is 4.90. The topological polar surface area (TPSA) is 76.5 Å². The van der Waals surface area contributed by atoms with E-state index in [0.717, 1.165) is 71.6 Å². The number of H-pyrrole nitrogens is 1. The van der Waals surface area contributed by atoms with Crippen LogP contribution < -0.4 is 4.90 Å². The third kappa shape index (κ3) is 3.27. The molecule has 6 rings (SSSR count). The predicted octanol–water partition coefficient (Wildman–Crippen LogP) is 3.29. The van der Waals surface area contributed by atoms with Crippen LogP contribution in [0.2, 0.25) is 0 Å². The number of piperazine rings is 1. The molecule has 32 heavy (non-hydrogen) atoms. The number of rotatable bonds is 3. The Labute approximate surface area is 186 Å². The molecule has 0 spiro atoms. The van der Waals surface area contributed by atoms with Crippen molar-refractivity contribution in [1.29, 1.82) is 0 Å². The van der Waals surface area contributed by atoms with Gasteiger partial charge in [0, 0.05) is 68.7 Å². The van der Waals surface area contributed by atoms with Gasteiger partial charge in [-0.2, -0.15) is 5.10 Å². The molecule has 2 aliphatic heterocycles. The second kappa shape index (κ2) is 7.56. The zero-order valence-corrected chi connectivity index (χ0v) is 18.4. The van der Waals surface area contributed by atoms with Crippen molar-refractivity contribution in [3.05, 3.63) is 48.5 Å². The average Bonchev–Trinajstić information content (AvgIpc) is 3.42. The van der Waals surface area contributed by atoms with Crippen molar-refractivity contribution in [3.8, 4) is 11.1 Å². The fourth-order valence-electron chi connectivity index (χ4n) is 4.59. The van der Waals surface area contributed by atoms with Crippen LogP contribution >= 0.6 is 0 Å². The number of nitrogens with zero attached hydrogens (tertiary/aromatic N) is 7. The molecule has 4 aromatic rings. The standard InChI is InChI=1S/C24H26N8/c1-30-9-11-32(12-10-30)18-5-3-16(4-6-18)17-13-19-22-20(28-23(19)25-14-17)15-26-24(29-22)21-7-8-27-31(21)2/h3-6,8,13-15,21H,7,9-12H2,1-2H3,(H,25,28). The molecule has 0 bridgehead atoms. The number of aromatic amines is 1. The summed E-state index contributed by atoms with van der Waals surface area (Å²) < 4.78 is 0. The van der Waals surface area contributed by atoms with Gasteiger partial charge in [0.05, 0.1) is 11.7 Å². The molecule has 1 fully saturated rings. The largest absolute Gasteiger partial charge is 0.369 e. The number of aromatic nitrogens is 4. The Morgan fingerprint density at radius 2 is 1.75 bits per heavy atom. The summed E-state index contributed by atoms with van der Waals surface area (Å²) in [7, 11) is 4.14. The zero-order chi connectivity index (χ0) is 21.7. The number of pyridine rings is 1. The molecule has 5 heterocycles. The van der Waals surface area contributed by atoms with Crippen LogP contribution in [0.5, 0.6) is 0 Å². The first-order valence-corrected chi connectivity index (χ1v) is 11.1. The van der Waals surface area contributed by atoms with Crippen LogP contribution in [0.25, 0.3) is 33.2 Å². The minimum Gasteiger partial charge on any atom is -0.369 e. The summed E-state index contributed by atoms with van der Waals surface area (Å²) in [5, 5.41) is 7.26. The normalized spacial score (nSPS) is 19.5. The van der Waals surface area contributed by atoms with Crippen molar-refractivity contribution in [2.75, 3.05) is 45.2 Å². The van der Waals surface area contributed by atoms with E-state index in [-0.39, 0.29) is 6.04 Å². The lowest BCUT2D eigenvalue weighted by Gasteiger charge is -2.34. The van der Waals surface area contributed by atoms with Crippen LogP contribution in [0.3, 0.4) is 0 Å². The van der Waals surface area contributed by atoms with Crippen molar-refractivity contribution in [1.82, 2.24) is 29.8 Å². The van der Waals surface area contributed by atoms with Gasteiger partial charge in [-0.05, 0) is 30.8 Å². The number of nitrogens with one attached hydrogen (secondary N) is 1. The molecular formula is C24H26N8. The Morgan fingerprint density at radius 3 is 2.50 bits per heavy atom. The molecule has 0 amide bonds. The number of hydrogen-bond acceptors (Lipinski definition) is 7. The van der Waals surface area contributed by atoms with E-state index in [4.69, 9.17) is 4.98 Å². The van der Waals surface area contributed by atoms with Crippen molar-refractivity contribution in [3.63, 3.8) is 0 Å². The zero-order valence-electron chi connectivity index (χ0n) is 18.4. The van der Waals surface area contributed by atoms with Crippen LogP contribution in [-0.4, -0.2) is 76.3 Å². The van der Waals surface area contributed by atoms with Gasteiger partial charge >= 0.3 is 0 Å². The van der Waals surface area contributed by atoms with Gasteiger partial charge in [-0.15, -0.1) is 0 Å². The van der Waals surface area contributed by atoms with Crippen LogP contribution in [0.15, 0.2) is 47.8 Å². The lowest BCUT2D eigenvalue weighted by atomic mass is 10.1. The highest BCUT2D eigenvalue weighted by Gasteiger charge is 2.23. The molecular weight excluding hydrogens is 400 g/mol. The Hall–Kier alpha value is -3.52. The number of hydrogen-bond donors (Lipinski definition) is 1. The van der Waals surface area contributed by atoms with Gasteiger partial charge in [-0.3, -0.25) is 5.01 Å². The van der Waals surface area contributed by atoms with Gasteiger partial charge in [0.25, 0.3) is 0 Å². The second-order valence-corrected chi connectivity index (χ2v) is 8.70. The molecule has 0 aliphatic carbocycles. The lowest BCUT2D eigenvalue weighted by Crippen LogP contribution is -2.44. The number of anilines is 1. The minimum absolute atomic E-state index is 0.0858.